The van der Waals surface area contributed by atoms with Gasteiger partial charge in [0.2, 0.25) is 0 Å². The van der Waals surface area contributed by atoms with Crippen LogP contribution < -0.4 is 5.32 Å². The smallest absolute Gasteiger partial charge is 0.0210 e. The first-order chi connectivity index (χ1) is 6.70. The van der Waals surface area contributed by atoms with E-state index in [1.54, 1.807) is 0 Å². The molecule has 0 fully saturated rings. The van der Waals surface area contributed by atoms with Crippen LogP contribution in [0.25, 0.3) is 0 Å². The molecule has 0 aliphatic rings. The monoisotopic (exact) mass is 191 g/mol. The molecule has 78 valence electrons. The lowest BCUT2D eigenvalue weighted by Gasteiger charge is -2.28. The normalized spacial score (nSPS) is 11.6. The molecule has 0 unspecified atom stereocenters. The molecule has 0 aromatic heterocycles. The number of hydrogen-bond acceptors (Lipinski definition) is 1. The molecule has 1 aromatic carbocycles. The quantitative estimate of drug-likeness (QED) is 0.752. The Balaban J connectivity index is 2.48. The van der Waals surface area contributed by atoms with Gasteiger partial charge in [-0.2, -0.15) is 0 Å². The molecule has 1 aromatic rings. The predicted octanol–water partition coefficient (Wildman–Crippen LogP) is 3.35. The summed E-state index contributed by atoms with van der Waals surface area (Å²) in [7, 11) is 0. The van der Waals surface area contributed by atoms with Crippen LogP contribution in [0.5, 0.6) is 0 Å². The van der Waals surface area contributed by atoms with Crippen LogP contribution >= 0.6 is 0 Å². The Kier molecular flexibility index (Phi) is 4.15. The Morgan fingerprint density at radius 3 is 2.14 bits per heavy atom. The highest BCUT2D eigenvalue weighted by Gasteiger charge is 2.17. The first-order valence-corrected chi connectivity index (χ1v) is 5.49. The molecule has 14 heavy (non-hydrogen) atoms. The highest BCUT2D eigenvalue weighted by Crippen LogP contribution is 2.14. The fourth-order valence-corrected chi connectivity index (χ4v) is 1.41. The van der Waals surface area contributed by atoms with Gasteiger partial charge in [0.25, 0.3) is 0 Å². The largest absolute Gasteiger partial charge is 0.307 e. The lowest BCUT2D eigenvalue weighted by molar-refractivity contribution is 0.329. The van der Waals surface area contributed by atoms with E-state index in [1.807, 2.05) is 0 Å². The Hall–Kier alpha value is -0.820. The van der Waals surface area contributed by atoms with Crippen molar-refractivity contribution in [1.82, 2.24) is 5.32 Å². The molecule has 0 aliphatic heterocycles. The molecule has 0 aliphatic carbocycles. The zero-order chi connectivity index (χ0) is 10.4. The van der Waals surface area contributed by atoms with Crippen molar-refractivity contribution in [1.29, 1.82) is 0 Å². The zero-order valence-corrected chi connectivity index (χ0v) is 9.51. The van der Waals surface area contributed by atoms with Crippen LogP contribution in [0.4, 0.5) is 0 Å². The molecule has 0 amide bonds. The van der Waals surface area contributed by atoms with E-state index in [9.17, 15) is 0 Å². The highest BCUT2D eigenvalue weighted by molar-refractivity contribution is 5.14. The lowest BCUT2D eigenvalue weighted by atomic mass is 9.95. The van der Waals surface area contributed by atoms with Gasteiger partial charge in [0.1, 0.15) is 0 Å². The maximum absolute atomic E-state index is 3.61. The van der Waals surface area contributed by atoms with Gasteiger partial charge in [0.15, 0.2) is 0 Å². The van der Waals surface area contributed by atoms with Crippen molar-refractivity contribution >= 4 is 0 Å². The van der Waals surface area contributed by atoms with E-state index in [-0.39, 0.29) is 5.54 Å². The molecular formula is C13H21N. The maximum atomic E-state index is 3.61. The highest BCUT2D eigenvalue weighted by atomic mass is 15.0. The maximum Gasteiger partial charge on any atom is 0.0210 e. The second kappa shape index (κ2) is 5.16. The summed E-state index contributed by atoms with van der Waals surface area (Å²) in [5, 5.41) is 3.61. The van der Waals surface area contributed by atoms with Crippen LogP contribution in [0.1, 0.15) is 39.2 Å². The van der Waals surface area contributed by atoms with Crippen molar-refractivity contribution < 1.29 is 0 Å². The van der Waals surface area contributed by atoms with Crippen LogP contribution in [-0.2, 0) is 6.54 Å². The van der Waals surface area contributed by atoms with E-state index in [4.69, 9.17) is 0 Å². The average Bonchev–Trinajstić information content (AvgIpc) is 2.27. The summed E-state index contributed by atoms with van der Waals surface area (Å²) in [5.41, 5.74) is 1.65. The SMILES string of the molecule is CCC(C)(CC)NCc1ccccc1. The van der Waals surface area contributed by atoms with Gasteiger partial charge in [-0.1, -0.05) is 44.2 Å². The molecule has 1 heteroatoms. The topological polar surface area (TPSA) is 12.0 Å². The van der Waals surface area contributed by atoms with E-state index >= 15 is 0 Å². The minimum absolute atomic E-state index is 0.288. The summed E-state index contributed by atoms with van der Waals surface area (Å²) >= 11 is 0. The summed E-state index contributed by atoms with van der Waals surface area (Å²) in [4.78, 5) is 0. The predicted molar refractivity (Wildman–Crippen MR) is 62.3 cm³/mol. The molecule has 0 bridgehead atoms. The average molecular weight is 191 g/mol. The number of hydrogen-bond donors (Lipinski definition) is 1. The molecular weight excluding hydrogens is 170 g/mol. The van der Waals surface area contributed by atoms with Gasteiger partial charge < -0.3 is 5.32 Å². The van der Waals surface area contributed by atoms with E-state index in [1.165, 1.54) is 18.4 Å². The summed E-state index contributed by atoms with van der Waals surface area (Å²) < 4.78 is 0. The number of rotatable bonds is 5. The van der Waals surface area contributed by atoms with Crippen LogP contribution in [-0.4, -0.2) is 5.54 Å². The van der Waals surface area contributed by atoms with Gasteiger partial charge in [-0.25, -0.2) is 0 Å². The molecule has 0 atom stereocenters. The van der Waals surface area contributed by atoms with Crippen LogP contribution in [0, 0.1) is 0 Å². The van der Waals surface area contributed by atoms with Crippen molar-refractivity contribution in [3.63, 3.8) is 0 Å². The van der Waals surface area contributed by atoms with Gasteiger partial charge in [-0.3, -0.25) is 0 Å². The number of benzene rings is 1. The second-order valence-corrected chi connectivity index (χ2v) is 4.11. The summed E-state index contributed by atoms with van der Waals surface area (Å²) in [6.07, 6.45) is 2.35. The van der Waals surface area contributed by atoms with Crippen LogP contribution in [0.3, 0.4) is 0 Å². The standard InChI is InChI=1S/C13H21N/c1-4-13(3,5-2)14-11-12-9-7-6-8-10-12/h6-10,14H,4-5,11H2,1-3H3. The minimum Gasteiger partial charge on any atom is -0.307 e. The fourth-order valence-electron chi connectivity index (χ4n) is 1.41. The van der Waals surface area contributed by atoms with E-state index < -0.39 is 0 Å². The summed E-state index contributed by atoms with van der Waals surface area (Å²) in [6, 6.07) is 10.6. The molecule has 1 N–H and O–H groups in total. The molecule has 0 saturated heterocycles. The van der Waals surface area contributed by atoms with E-state index in [0.29, 0.717) is 0 Å². The Labute approximate surface area is 87.5 Å². The Morgan fingerprint density at radius 1 is 1.07 bits per heavy atom. The molecule has 0 spiro atoms. The summed E-state index contributed by atoms with van der Waals surface area (Å²) in [5.74, 6) is 0. The van der Waals surface area contributed by atoms with Crippen molar-refractivity contribution in [3.05, 3.63) is 35.9 Å². The molecule has 0 saturated carbocycles. The van der Waals surface area contributed by atoms with Crippen molar-refractivity contribution in [2.75, 3.05) is 0 Å². The minimum atomic E-state index is 0.288. The van der Waals surface area contributed by atoms with E-state index in [0.717, 1.165) is 6.54 Å². The lowest BCUT2D eigenvalue weighted by Crippen LogP contribution is -2.40. The number of nitrogens with one attached hydrogen (secondary N) is 1. The third kappa shape index (κ3) is 3.15. The van der Waals surface area contributed by atoms with Gasteiger partial charge in [-0.15, -0.1) is 0 Å². The van der Waals surface area contributed by atoms with Gasteiger partial charge in [0.05, 0.1) is 0 Å². The van der Waals surface area contributed by atoms with Gasteiger partial charge in [-0.05, 0) is 25.3 Å². The third-order valence-corrected chi connectivity index (χ3v) is 3.12. The summed E-state index contributed by atoms with van der Waals surface area (Å²) in [6.45, 7) is 7.73. The Bertz CT molecular complexity index is 249. The second-order valence-electron chi connectivity index (χ2n) is 4.11. The van der Waals surface area contributed by atoms with Crippen molar-refractivity contribution in [2.45, 2.75) is 45.7 Å². The first-order valence-electron chi connectivity index (χ1n) is 5.49. The first kappa shape index (κ1) is 11.3. The Morgan fingerprint density at radius 2 is 1.64 bits per heavy atom. The third-order valence-electron chi connectivity index (χ3n) is 3.12. The van der Waals surface area contributed by atoms with Gasteiger partial charge >= 0.3 is 0 Å². The van der Waals surface area contributed by atoms with Gasteiger partial charge in [0, 0.05) is 12.1 Å². The molecule has 0 heterocycles. The molecule has 0 radical (unpaired) electrons. The van der Waals surface area contributed by atoms with Crippen molar-refractivity contribution in [3.8, 4) is 0 Å². The zero-order valence-electron chi connectivity index (χ0n) is 9.51. The molecule has 1 nitrogen and oxygen atoms in total. The van der Waals surface area contributed by atoms with Crippen molar-refractivity contribution in [2.24, 2.45) is 0 Å². The molecule has 1 rings (SSSR count). The van der Waals surface area contributed by atoms with Crippen LogP contribution in [0.2, 0.25) is 0 Å². The van der Waals surface area contributed by atoms with E-state index in [2.05, 4.69) is 56.4 Å². The van der Waals surface area contributed by atoms with Crippen LogP contribution in [0.15, 0.2) is 30.3 Å². The fraction of sp³-hybridized carbons (Fsp3) is 0.538.